The minimum atomic E-state index is -3.52. The monoisotopic (exact) mass is 417 g/mol. The number of hydrogen-bond acceptors (Lipinski definition) is 5. The summed E-state index contributed by atoms with van der Waals surface area (Å²) in [6.07, 6.45) is 0.173. The Morgan fingerprint density at radius 1 is 1.07 bits per heavy atom. The van der Waals surface area contributed by atoms with E-state index in [2.05, 4.69) is 10.2 Å². The smallest absolute Gasteiger partial charge is 0.243 e. The predicted octanol–water partition coefficient (Wildman–Crippen LogP) is 2.12. The molecule has 1 aliphatic rings. The molecule has 0 saturated carbocycles. The zero-order valence-corrected chi connectivity index (χ0v) is 17.8. The van der Waals surface area contributed by atoms with E-state index in [0.29, 0.717) is 24.5 Å². The van der Waals surface area contributed by atoms with Crippen LogP contribution in [0.15, 0.2) is 47.4 Å². The average Bonchev–Trinajstić information content (AvgIpc) is 2.69. The van der Waals surface area contributed by atoms with Crippen molar-refractivity contribution < 1.29 is 17.9 Å². The zero-order chi connectivity index (χ0) is 21.0. The summed E-state index contributed by atoms with van der Waals surface area (Å²) in [5.74, 6) is 0.475. The average molecular weight is 418 g/mol. The number of carbonyl (C=O) groups is 1. The van der Waals surface area contributed by atoms with E-state index in [1.165, 1.54) is 16.4 Å². The Balaban J connectivity index is 1.66. The standard InChI is InChI=1S/C21H27N3O4S/c1-16-4-9-20(28-3)17(14-16)15-21(25)22-18-5-7-19(8-6-18)29(26,27)24-12-10-23(2)11-13-24/h4-9,14H,10-13,15H2,1-3H3,(H,22,25). The van der Waals surface area contributed by atoms with Gasteiger partial charge in [0, 0.05) is 37.4 Å². The number of amides is 1. The van der Waals surface area contributed by atoms with E-state index in [-0.39, 0.29) is 17.2 Å². The third kappa shape index (κ3) is 5.14. The Morgan fingerprint density at radius 2 is 1.72 bits per heavy atom. The molecule has 7 nitrogen and oxygen atoms in total. The number of sulfonamides is 1. The molecule has 0 bridgehead atoms. The molecule has 1 saturated heterocycles. The van der Waals surface area contributed by atoms with E-state index in [9.17, 15) is 13.2 Å². The van der Waals surface area contributed by atoms with Crippen LogP contribution in [0.1, 0.15) is 11.1 Å². The number of hydrogen-bond donors (Lipinski definition) is 1. The van der Waals surface area contributed by atoms with Crippen molar-refractivity contribution in [3.8, 4) is 5.75 Å². The van der Waals surface area contributed by atoms with E-state index in [1.807, 2.05) is 32.2 Å². The van der Waals surface area contributed by atoms with Gasteiger partial charge in [0.2, 0.25) is 15.9 Å². The maximum Gasteiger partial charge on any atom is 0.243 e. The van der Waals surface area contributed by atoms with Crippen LogP contribution in [-0.2, 0) is 21.2 Å². The number of carbonyl (C=O) groups excluding carboxylic acids is 1. The van der Waals surface area contributed by atoms with E-state index in [4.69, 9.17) is 4.74 Å². The lowest BCUT2D eigenvalue weighted by atomic mass is 10.1. The predicted molar refractivity (Wildman–Crippen MR) is 113 cm³/mol. The Bertz CT molecular complexity index is 966. The van der Waals surface area contributed by atoms with E-state index < -0.39 is 10.0 Å². The van der Waals surface area contributed by atoms with Gasteiger partial charge in [-0.05, 0) is 44.3 Å². The summed E-state index contributed by atoms with van der Waals surface area (Å²) in [6, 6.07) is 12.0. The highest BCUT2D eigenvalue weighted by molar-refractivity contribution is 7.89. The number of methoxy groups -OCH3 is 1. The quantitative estimate of drug-likeness (QED) is 0.779. The van der Waals surface area contributed by atoms with Gasteiger partial charge < -0.3 is 15.0 Å². The number of benzene rings is 2. The van der Waals surface area contributed by atoms with Gasteiger partial charge >= 0.3 is 0 Å². The zero-order valence-electron chi connectivity index (χ0n) is 17.0. The maximum atomic E-state index is 12.8. The molecular formula is C21H27N3O4S. The van der Waals surface area contributed by atoms with Crippen molar-refractivity contribution in [3.05, 3.63) is 53.6 Å². The summed E-state index contributed by atoms with van der Waals surface area (Å²) in [6.45, 7) is 4.36. The number of nitrogens with zero attached hydrogens (tertiary/aromatic N) is 2. The first-order chi connectivity index (χ1) is 13.8. The Kier molecular flexibility index (Phi) is 6.56. The van der Waals surface area contributed by atoms with Crippen LogP contribution in [0, 0.1) is 6.92 Å². The molecule has 0 radical (unpaired) electrons. The molecule has 156 valence electrons. The summed E-state index contributed by atoms with van der Waals surface area (Å²) in [7, 11) is 0.0394. The van der Waals surface area contributed by atoms with E-state index >= 15 is 0 Å². The summed E-state index contributed by atoms with van der Waals surface area (Å²) in [5.41, 5.74) is 2.41. The molecule has 0 atom stereocenters. The second-order valence-electron chi connectivity index (χ2n) is 7.27. The third-order valence-electron chi connectivity index (χ3n) is 5.03. The molecule has 0 aromatic heterocycles. The minimum Gasteiger partial charge on any atom is -0.496 e. The minimum absolute atomic E-state index is 0.173. The molecule has 1 fully saturated rings. The first-order valence-corrected chi connectivity index (χ1v) is 11.0. The lowest BCUT2D eigenvalue weighted by Gasteiger charge is -2.31. The first kappa shape index (κ1) is 21.3. The summed E-state index contributed by atoms with van der Waals surface area (Å²) >= 11 is 0. The summed E-state index contributed by atoms with van der Waals surface area (Å²) < 4.78 is 32.4. The fourth-order valence-corrected chi connectivity index (χ4v) is 4.73. The molecule has 8 heteroatoms. The van der Waals surface area contributed by atoms with Gasteiger partial charge in [0.15, 0.2) is 0 Å². The number of aryl methyl sites for hydroxylation is 1. The molecule has 29 heavy (non-hydrogen) atoms. The van der Waals surface area contributed by atoms with Crippen molar-refractivity contribution in [3.63, 3.8) is 0 Å². The molecule has 0 unspecified atom stereocenters. The van der Waals surface area contributed by atoms with Gasteiger partial charge in [-0.1, -0.05) is 17.7 Å². The number of rotatable bonds is 6. The van der Waals surface area contributed by atoms with Crippen LogP contribution in [-0.4, -0.2) is 63.9 Å². The molecule has 1 N–H and O–H groups in total. The lowest BCUT2D eigenvalue weighted by Crippen LogP contribution is -2.46. The van der Waals surface area contributed by atoms with Crippen LogP contribution in [0.2, 0.25) is 0 Å². The lowest BCUT2D eigenvalue weighted by molar-refractivity contribution is -0.115. The Morgan fingerprint density at radius 3 is 2.34 bits per heavy atom. The van der Waals surface area contributed by atoms with Crippen LogP contribution < -0.4 is 10.1 Å². The second-order valence-corrected chi connectivity index (χ2v) is 9.21. The van der Waals surface area contributed by atoms with Gasteiger partial charge in [0.25, 0.3) is 0 Å². The fourth-order valence-electron chi connectivity index (χ4n) is 3.31. The number of nitrogens with one attached hydrogen (secondary N) is 1. The van der Waals surface area contributed by atoms with Crippen LogP contribution in [0.3, 0.4) is 0 Å². The SMILES string of the molecule is COc1ccc(C)cc1CC(=O)Nc1ccc(S(=O)(=O)N2CCN(C)CC2)cc1. The highest BCUT2D eigenvalue weighted by Crippen LogP contribution is 2.22. The molecule has 0 spiro atoms. The Labute approximate surface area is 172 Å². The molecular weight excluding hydrogens is 390 g/mol. The van der Waals surface area contributed by atoms with Crippen molar-refractivity contribution in [2.45, 2.75) is 18.2 Å². The maximum absolute atomic E-state index is 12.8. The number of ether oxygens (including phenoxy) is 1. The van der Waals surface area contributed by atoms with E-state index in [0.717, 1.165) is 24.2 Å². The van der Waals surface area contributed by atoms with Gasteiger partial charge in [0.1, 0.15) is 5.75 Å². The van der Waals surface area contributed by atoms with Crippen LogP contribution in [0.4, 0.5) is 5.69 Å². The second kappa shape index (κ2) is 8.94. The van der Waals surface area contributed by atoms with Gasteiger partial charge in [-0.15, -0.1) is 0 Å². The van der Waals surface area contributed by atoms with Crippen LogP contribution >= 0.6 is 0 Å². The fraction of sp³-hybridized carbons (Fsp3) is 0.381. The normalized spacial score (nSPS) is 15.8. The van der Waals surface area contributed by atoms with Crippen molar-refractivity contribution in [1.29, 1.82) is 0 Å². The molecule has 3 rings (SSSR count). The van der Waals surface area contributed by atoms with Crippen LogP contribution in [0.25, 0.3) is 0 Å². The summed E-state index contributed by atoms with van der Waals surface area (Å²) in [5, 5.41) is 2.82. The van der Waals surface area contributed by atoms with Crippen LogP contribution in [0.5, 0.6) is 5.75 Å². The number of piperazine rings is 1. The largest absolute Gasteiger partial charge is 0.496 e. The van der Waals surface area contributed by atoms with Gasteiger partial charge in [-0.3, -0.25) is 4.79 Å². The van der Waals surface area contributed by atoms with Gasteiger partial charge in [-0.2, -0.15) is 4.31 Å². The highest BCUT2D eigenvalue weighted by atomic mass is 32.2. The number of anilines is 1. The molecule has 0 aliphatic carbocycles. The molecule has 1 amide bonds. The third-order valence-corrected chi connectivity index (χ3v) is 6.94. The van der Waals surface area contributed by atoms with Gasteiger partial charge in [-0.25, -0.2) is 8.42 Å². The van der Waals surface area contributed by atoms with Gasteiger partial charge in [0.05, 0.1) is 18.4 Å². The van der Waals surface area contributed by atoms with Crippen molar-refractivity contribution in [2.75, 3.05) is 45.7 Å². The molecule has 1 aliphatic heterocycles. The molecule has 2 aromatic rings. The highest BCUT2D eigenvalue weighted by Gasteiger charge is 2.27. The molecule has 1 heterocycles. The topological polar surface area (TPSA) is 78.9 Å². The van der Waals surface area contributed by atoms with Crippen molar-refractivity contribution >= 4 is 21.6 Å². The van der Waals surface area contributed by atoms with Crippen molar-refractivity contribution in [2.24, 2.45) is 0 Å². The summed E-state index contributed by atoms with van der Waals surface area (Å²) in [4.78, 5) is 14.8. The van der Waals surface area contributed by atoms with E-state index in [1.54, 1.807) is 19.2 Å². The first-order valence-electron chi connectivity index (χ1n) is 9.52. The molecule has 2 aromatic carbocycles. The van der Waals surface area contributed by atoms with Crippen molar-refractivity contribution in [1.82, 2.24) is 9.21 Å². The Hall–Kier alpha value is -2.42. The number of likely N-dealkylation sites (N-methyl/N-ethyl adjacent to an activating group) is 1.